The van der Waals surface area contributed by atoms with Crippen LogP contribution in [0.15, 0.2) is 0 Å². The average Bonchev–Trinajstić information content (AvgIpc) is 2.62. The van der Waals surface area contributed by atoms with Crippen molar-refractivity contribution in [1.82, 2.24) is 0 Å². The van der Waals surface area contributed by atoms with Gasteiger partial charge >= 0.3 is 11.9 Å². The first-order chi connectivity index (χ1) is 13.0. The van der Waals surface area contributed by atoms with Gasteiger partial charge in [-0.1, -0.05) is 111 Å². The number of carbonyl (C=O) groups excluding carboxylic acids is 1. The molecule has 1 atom stereocenters. The molecular formula is C23H44O4. The van der Waals surface area contributed by atoms with Gasteiger partial charge in [-0.2, -0.15) is 0 Å². The Balaban J connectivity index is 3.52. The van der Waals surface area contributed by atoms with Crippen molar-refractivity contribution in [2.45, 2.75) is 117 Å². The van der Waals surface area contributed by atoms with Crippen molar-refractivity contribution < 1.29 is 19.4 Å². The first-order valence-corrected chi connectivity index (χ1v) is 11.4. The van der Waals surface area contributed by atoms with Crippen LogP contribution < -0.4 is 0 Å². The molecule has 0 aliphatic rings. The van der Waals surface area contributed by atoms with E-state index in [1.54, 1.807) is 0 Å². The zero-order valence-electron chi connectivity index (χ0n) is 18.1. The molecule has 0 heterocycles. The van der Waals surface area contributed by atoms with Crippen LogP contribution >= 0.6 is 0 Å². The van der Waals surface area contributed by atoms with Crippen LogP contribution in [0.25, 0.3) is 0 Å². The Morgan fingerprint density at radius 2 is 1.15 bits per heavy atom. The van der Waals surface area contributed by atoms with Gasteiger partial charge in [-0.15, -0.1) is 0 Å². The van der Waals surface area contributed by atoms with Crippen molar-refractivity contribution in [3.63, 3.8) is 0 Å². The molecule has 4 nitrogen and oxygen atoms in total. The van der Waals surface area contributed by atoms with Gasteiger partial charge in [-0.3, -0.25) is 9.59 Å². The molecule has 1 unspecified atom stereocenters. The van der Waals surface area contributed by atoms with Crippen LogP contribution in [0.3, 0.4) is 0 Å². The summed E-state index contributed by atoms with van der Waals surface area (Å²) >= 11 is 0. The summed E-state index contributed by atoms with van der Waals surface area (Å²) in [6.07, 6.45) is 18.1. The molecule has 0 fully saturated rings. The maximum Gasteiger partial charge on any atom is 0.320 e. The van der Waals surface area contributed by atoms with Crippen LogP contribution in [0.5, 0.6) is 0 Å². The molecule has 0 aromatic rings. The number of aliphatic carboxylic acids is 1. The van der Waals surface area contributed by atoms with Crippen molar-refractivity contribution in [3.8, 4) is 0 Å². The molecule has 0 aromatic heterocycles. The number of carbonyl (C=O) groups is 2. The van der Waals surface area contributed by atoms with Gasteiger partial charge in [0.1, 0.15) is 0 Å². The van der Waals surface area contributed by atoms with Crippen LogP contribution in [-0.4, -0.2) is 23.7 Å². The molecule has 27 heavy (non-hydrogen) atoms. The van der Waals surface area contributed by atoms with Crippen LogP contribution in [-0.2, 0) is 14.3 Å². The third-order valence-corrected chi connectivity index (χ3v) is 4.99. The van der Waals surface area contributed by atoms with Crippen LogP contribution in [0.2, 0.25) is 0 Å². The minimum Gasteiger partial charge on any atom is -0.481 e. The zero-order chi connectivity index (χ0) is 20.3. The Hall–Kier alpha value is -1.06. The number of rotatable bonds is 19. The van der Waals surface area contributed by atoms with E-state index in [-0.39, 0.29) is 5.92 Å². The van der Waals surface area contributed by atoms with Gasteiger partial charge in [-0.25, -0.2) is 0 Å². The fraction of sp³-hybridized carbons (Fsp3) is 0.913. The predicted molar refractivity (Wildman–Crippen MR) is 112 cm³/mol. The van der Waals surface area contributed by atoms with Crippen LogP contribution in [0.4, 0.5) is 0 Å². The maximum atomic E-state index is 11.9. The summed E-state index contributed by atoms with van der Waals surface area (Å²) in [6, 6.07) is 0. The number of esters is 1. The van der Waals surface area contributed by atoms with Crippen molar-refractivity contribution >= 4 is 11.9 Å². The number of unbranched alkanes of at least 4 members (excludes halogenated alkanes) is 13. The van der Waals surface area contributed by atoms with Crippen LogP contribution in [0, 0.1) is 11.8 Å². The summed E-state index contributed by atoms with van der Waals surface area (Å²) < 4.78 is 5.08. The molecule has 1 N–H and O–H groups in total. The van der Waals surface area contributed by atoms with E-state index in [1.807, 2.05) is 13.8 Å². The van der Waals surface area contributed by atoms with Crippen LogP contribution in [0.1, 0.15) is 117 Å². The van der Waals surface area contributed by atoms with Gasteiger partial charge < -0.3 is 9.84 Å². The molecule has 0 saturated heterocycles. The number of hydrogen-bond donors (Lipinski definition) is 1. The molecule has 4 heteroatoms. The van der Waals surface area contributed by atoms with Gasteiger partial charge in [0, 0.05) is 0 Å². The minimum atomic E-state index is -1.06. The van der Waals surface area contributed by atoms with E-state index in [4.69, 9.17) is 4.74 Å². The highest BCUT2D eigenvalue weighted by atomic mass is 16.5. The lowest BCUT2D eigenvalue weighted by Gasteiger charge is -2.13. The molecule has 0 rings (SSSR count). The Morgan fingerprint density at radius 1 is 0.741 bits per heavy atom. The van der Waals surface area contributed by atoms with E-state index in [9.17, 15) is 14.7 Å². The number of carboxylic acid groups (broad SMARTS) is 1. The number of carboxylic acids is 1. The standard InChI is InChI=1S/C23H44O4/c1-4-5-6-7-8-9-10-11-12-13-14-15-16-17-18-21(22(24)25)23(26)27-19-20(2)3/h20-21H,4-19H2,1-3H3,(H,24,25). The van der Waals surface area contributed by atoms with Gasteiger partial charge in [0.05, 0.1) is 6.61 Å². The molecule has 0 spiro atoms. The highest BCUT2D eigenvalue weighted by Crippen LogP contribution is 2.16. The summed E-state index contributed by atoms with van der Waals surface area (Å²) in [4.78, 5) is 23.1. The van der Waals surface area contributed by atoms with Gasteiger partial charge in [0.2, 0.25) is 0 Å². The topological polar surface area (TPSA) is 63.6 Å². The second-order valence-corrected chi connectivity index (χ2v) is 8.30. The maximum absolute atomic E-state index is 11.9. The van der Waals surface area contributed by atoms with Gasteiger partial charge in [-0.05, 0) is 12.3 Å². The second-order valence-electron chi connectivity index (χ2n) is 8.30. The van der Waals surface area contributed by atoms with E-state index in [0.717, 1.165) is 19.3 Å². The monoisotopic (exact) mass is 384 g/mol. The number of ether oxygens (including phenoxy) is 1. The molecular weight excluding hydrogens is 340 g/mol. The SMILES string of the molecule is CCCCCCCCCCCCCCCCC(C(=O)O)C(=O)OCC(C)C. The molecule has 0 amide bonds. The quantitative estimate of drug-likeness (QED) is 0.152. The molecule has 0 aromatic carbocycles. The van der Waals surface area contributed by atoms with Crippen molar-refractivity contribution in [2.75, 3.05) is 6.61 Å². The molecule has 0 saturated carbocycles. The highest BCUT2D eigenvalue weighted by Gasteiger charge is 2.27. The smallest absolute Gasteiger partial charge is 0.320 e. The lowest BCUT2D eigenvalue weighted by Crippen LogP contribution is -2.27. The van der Waals surface area contributed by atoms with E-state index >= 15 is 0 Å². The normalized spacial score (nSPS) is 12.3. The third-order valence-electron chi connectivity index (χ3n) is 4.99. The van der Waals surface area contributed by atoms with Gasteiger partial charge in [0.25, 0.3) is 0 Å². The zero-order valence-corrected chi connectivity index (χ0v) is 18.1. The molecule has 0 bridgehead atoms. The minimum absolute atomic E-state index is 0.226. The first-order valence-electron chi connectivity index (χ1n) is 11.4. The van der Waals surface area contributed by atoms with E-state index < -0.39 is 17.9 Å². The Bertz CT molecular complexity index is 365. The third kappa shape index (κ3) is 16.8. The fourth-order valence-corrected chi connectivity index (χ4v) is 3.23. The van der Waals surface area contributed by atoms with Gasteiger partial charge in [0.15, 0.2) is 5.92 Å². The second kappa shape index (κ2) is 18.3. The Kier molecular flexibility index (Phi) is 17.6. The number of hydrogen-bond acceptors (Lipinski definition) is 3. The van der Waals surface area contributed by atoms with Crippen molar-refractivity contribution in [2.24, 2.45) is 11.8 Å². The Labute approximate surface area is 167 Å². The first kappa shape index (κ1) is 25.9. The Morgan fingerprint density at radius 3 is 1.52 bits per heavy atom. The summed E-state index contributed by atoms with van der Waals surface area (Å²) in [6.45, 7) is 6.43. The largest absolute Gasteiger partial charge is 0.481 e. The summed E-state index contributed by atoms with van der Waals surface area (Å²) in [5.41, 5.74) is 0. The molecule has 0 aliphatic carbocycles. The summed E-state index contributed by atoms with van der Waals surface area (Å²) in [7, 11) is 0. The molecule has 0 aliphatic heterocycles. The van der Waals surface area contributed by atoms with Crippen molar-refractivity contribution in [1.29, 1.82) is 0 Å². The fourth-order valence-electron chi connectivity index (χ4n) is 3.23. The molecule has 0 radical (unpaired) electrons. The van der Waals surface area contributed by atoms with E-state index in [0.29, 0.717) is 13.0 Å². The van der Waals surface area contributed by atoms with E-state index in [2.05, 4.69) is 6.92 Å². The lowest BCUT2D eigenvalue weighted by atomic mass is 10.00. The van der Waals surface area contributed by atoms with Crippen molar-refractivity contribution in [3.05, 3.63) is 0 Å². The summed E-state index contributed by atoms with van der Waals surface area (Å²) in [5.74, 6) is -2.41. The summed E-state index contributed by atoms with van der Waals surface area (Å²) in [5, 5.41) is 9.21. The predicted octanol–water partition coefficient (Wildman–Crippen LogP) is 6.76. The van der Waals surface area contributed by atoms with E-state index in [1.165, 1.54) is 70.6 Å². The molecule has 160 valence electrons. The average molecular weight is 385 g/mol. The lowest BCUT2D eigenvalue weighted by molar-refractivity contribution is -0.159. The highest BCUT2D eigenvalue weighted by molar-refractivity contribution is 5.93.